The Morgan fingerprint density at radius 1 is 1.00 bits per heavy atom. The van der Waals surface area contributed by atoms with Crippen molar-refractivity contribution in [1.29, 1.82) is 0 Å². The van der Waals surface area contributed by atoms with Crippen molar-refractivity contribution in [2.75, 3.05) is 38.1 Å². The molecule has 2 aliphatic rings. The molecule has 30 heavy (non-hydrogen) atoms. The molecule has 160 valence electrons. The summed E-state index contributed by atoms with van der Waals surface area (Å²) in [5, 5.41) is 3.33. The van der Waals surface area contributed by atoms with Crippen LogP contribution in [0.2, 0.25) is 0 Å². The van der Waals surface area contributed by atoms with Crippen molar-refractivity contribution in [2.45, 2.75) is 51.0 Å². The first-order valence-electron chi connectivity index (χ1n) is 11.6. The maximum atomic E-state index is 12.5. The van der Waals surface area contributed by atoms with Crippen LogP contribution in [0.3, 0.4) is 0 Å². The topological polar surface area (TPSA) is 35.6 Å². The van der Waals surface area contributed by atoms with Crippen LogP contribution >= 0.6 is 0 Å². The smallest absolute Gasteiger partial charge is 0.220 e. The van der Waals surface area contributed by atoms with Crippen molar-refractivity contribution >= 4 is 11.6 Å². The molecule has 0 spiro atoms. The van der Waals surface area contributed by atoms with Gasteiger partial charge in [-0.15, -0.1) is 0 Å². The van der Waals surface area contributed by atoms with Gasteiger partial charge in [0.05, 0.1) is 0 Å². The van der Waals surface area contributed by atoms with Crippen molar-refractivity contribution in [3.8, 4) is 0 Å². The fourth-order valence-electron chi connectivity index (χ4n) is 4.80. The molecule has 2 aromatic rings. The van der Waals surface area contributed by atoms with Gasteiger partial charge in [0, 0.05) is 44.3 Å². The van der Waals surface area contributed by atoms with E-state index < -0.39 is 0 Å². The minimum absolute atomic E-state index is 0.216. The molecule has 0 bridgehead atoms. The quantitative estimate of drug-likeness (QED) is 0.711. The minimum Gasteiger partial charge on any atom is -0.369 e. The molecule has 0 saturated carbocycles. The number of fused-ring (bicyclic) bond motifs is 1. The number of aryl methyl sites for hydroxylation is 2. The first kappa shape index (κ1) is 20.9. The number of amides is 1. The lowest BCUT2D eigenvalue weighted by Gasteiger charge is -2.37. The number of rotatable bonds is 7. The van der Waals surface area contributed by atoms with E-state index in [1.54, 1.807) is 0 Å². The van der Waals surface area contributed by atoms with Gasteiger partial charge in [-0.2, -0.15) is 0 Å². The first-order valence-corrected chi connectivity index (χ1v) is 11.6. The van der Waals surface area contributed by atoms with E-state index in [1.807, 2.05) is 0 Å². The van der Waals surface area contributed by atoms with Crippen LogP contribution < -0.4 is 10.2 Å². The lowest BCUT2D eigenvalue weighted by molar-refractivity contribution is -0.122. The lowest BCUT2D eigenvalue weighted by Crippen LogP contribution is -2.45. The van der Waals surface area contributed by atoms with Gasteiger partial charge in [-0.25, -0.2) is 0 Å². The van der Waals surface area contributed by atoms with Gasteiger partial charge in [-0.3, -0.25) is 4.79 Å². The SMILES string of the molecule is CN1CCN(c2cccc3c2CC(NC(=O)CCCCc2ccccc2)CC3)CC1. The molecule has 0 aromatic heterocycles. The Morgan fingerprint density at radius 2 is 1.80 bits per heavy atom. The minimum atomic E-state index is 0.216. The maximum absolute atomic E-state index is 12.5. The third kappa shape index (κ3) is 5.42. The van der Waals surface area contributed by atoms with Crippen LogP contribution in [0.25, 0.3) is 0 Å². The second-order valence-corrected chi connectivity index (χ2v) is 8.91. The number of anilines is 1. The van der Waals surface area contributed by atoms with Gasteiger partial charge in [0.1, 0.15) is 0 Å². The third-order valence-electron chi connectivity index (χ3n) is 6.63. The Balaban J connectivity index is 1.28. The van der Waals surface area contributed by atoms with Crippen molar-refractivity contribution in [2.24, 2.45) is 0 Å². The highest BCUT2D eigenvalue weighted by atomic mass is 16.1. The zero-order chi connectivity index (χ0) is 20.8. The van der Waals surface area contributed by atoms with Crippen LogP contribution in [0.15, 0.2) is 48.5 Å². The number of carbonyl (C=O) groups is 1. The van der Waals surface area contributed by atoms with Crippen molar-refractivity contribution in [3.05, 3.63) is 65.2 Å². The summed E-state index contributed by atoms with van der Waals surface area (Å²) in [6.45, 7) is 4.41. The monoisotopic (exact) mass is 405 g/mol. The Labute approximate surface area is 181 Å². The first-order chi connectivity index (χ1) is 14.7. The molecule has 2 aromatic carbocycles. The Kier molecular flexibility index (Phi) is 7.06. The number of carbonyl (C=O) groups excluding carboxylic acids is 1. The fraction of sp³-hybridized carbons (Fsp3) is 0.500. The fourth-order valence-corrected chi connectivity index (χ4v) is 4.80. The normalized spacial score (nSPS) is 19.4. The number of nitrogens with one attached hydrogen (secondary N) is 1. The Morgan fingerprint density at radius 3 is 2.60 bits per heavy atom. The van der Waals surface area contributed by atoms with Crippen LogP contribution in [0.5, 0.6) is 0 Å². The van der Waals surface area contributed by atoms with E-state index >= 15 is 0 Å². The zero-order valence-corrected chi connectivity index (χ0v) is 18.3. The highest BCUT2D eigenvalue weighted by Crippen LogP contribution is 2.31. The number of piperazine rings is 1. The lowest BCUT2D eigenvalue weighted by atomic mass is 9.86. The van der Waals surface area contributed by atoms with E-state index in [0.29, 0.717) is 6.42 Å². The molecule has 4 nitrogen and oxygen atoms in total. The predicted octanol–water partition coefficient (Wildman–Crippen LogP) is 3.82. The molecular weight excluding hydrogens is 370 g/mol. The van der Waals surface area contributed by atoms with Gasteiger partial charge in [0.2, 0.25) is 5.91 Å². The van der Waals surface area contributed by atoms with E-state index in [1.165, 1.54) is 22.4 Å². The number of likely N-dealkylation sites (N-methyl/N-ethyl adjacent to an activating group) is 1. The summed E-state index contributed by atoms with van der Waals surface area (Å²) >= 11 is 0. The molecule has 1 amide bonds. The molecule has 1 atom stereocenters. The zero-order valence-electron chi connectivity index (χ0n) is 18.3. The number of unbranched alkanes of at least 4 members (excludes halogenated alkanes) is 1. The summed E-state index contributed by atoms with van der Waals surface area (Å²) in [6.07, 6.45) is 6.79. The third-order valence-corrected chi connectivity index (χ3v) is 6.63. The average molecular weight is 406 g/mol. The molecule has 4 heteroatoms. The Hall–Kier alpha value is -2.33. The molecule has 1 aliphatic carbocycles. The van der Waals surface area contributed by atoms with E-state index in [4.69, 9.17) is 0 Å². The highest BCUT2D eigenvalue weighted by molar-refractivity contribution is 5.76. The van der Waals surface area contributed by atoms with E-state index in [-0.39, 0.29) is 11.9 Å². The summed E-state index contributed by atoms with van der Waals surface area (Å²) in [5.41, 5.74) is 5.68. The molecule has 1 N–H and O–H groups in total. The van der Waals surface area contributed by atoms with E-state index in [2.05, 4.69) is 70.7 Å². The van der Waals surface area contributed by atoms with Crippen LogP contribution in [0.1, 0.15) is 42.4 Å². The van der Waals surface area contributed by atoms with Gasteiger partial charge in [0.15, 0.2) is 0 Å². The van der Waals surface area contributed by atoms with E-state index in [9.17, 15) is 4.79 Å². The number of hydrogen-bond acceptors (Lipinski definition) is 3. The highest BCUT2D eigenvalue weighted by Gasteiger charge is 2.25. The molecular formula is C26H35N3O. The molecule has 1 unspecified atom stereocenters. The summed E-state index contributed by atoms with van der Waals surface area (Å²) < 4.78 is 0. The van der Waals surface area contributed by atoms with Gasteiger partial charge >= 0.3 is 0 Å². The van der Waals surface area contributed by atoms with Crippen molar-refractivity contribution in [1.82, 2.24) is 10.2 Å². The van der Waals surface area contributed by atoms with Crippen molar-refractivity contribution in [3.63, 3.8) is 0 Å². The van der Waals surface area contributed by atoms with E-state index in [0.717, 1.165) is 64.7 Å². The molecule has 1 heterocycles. The van der Waals surface area contributed by atoms with Gasteiger partial charge in [-0.1, -0.05) is 42.5 Å². The van der Waals surface area contributed by atoms with Crippen LogP contribution in [-0.4, -0.2) is 50.1 Å². The summed E-state index contributed by atoms with van der Waals surface area (Å²) in [4.78, 5) is 17.5. The van der Waals surface area contributed by atoms with Crippen LogP contribution in [0.4, 0.5) is 5.69 Å². The van der Waals surface area contributed by atoms with Crippen LogP contribution in [-0.2, 0) is 24.1 Å². The predicted molar refractivity (Wildman–Crippen MR) is 124 cm³/mol. The summed E-state index contributed by atoms with van der Waals surface area (Å²) in [5.74, 6) is 0.216. The molecule has 0 radical (unpaired) electrons. The van der Waals surface area contributed by atoms with Crippen LogP contribution in [0, 0.1) is 0 Å². The number of benzene rings is 2. The number of nitrogens with zero attached hydrogens (tertiary/aromatic N) is 2. The van der Waals surface area contributed by atoms with Crippen molar-refractivity contribution < 1.29 is 4.79 Å². The second kappa shape index (κ2) is 10.1. The van der Waals surface area contributed by atoms with Gasteiger partial charge in [-0.05, 0) is 68.3 Å². The number of hydrogen-bond donors (Lipinski definition) is 1. The standard InChI is InChI=1S/C26H35N3O/c1-28-16-18-29(19-17-28)25-12-7-11-22-14-15-23(20-24(22)25)27-26(30)13-6-5-10-21-8-3-2-4-9-21/h2-4,7-9,11-12,23H,5-6,10,13-20H2,1H3,(H,27,30). The average Bonchev–Trinajstić information content (AvgIpc) is 2.78. The summed E-state index contributed by atoms with van der Waals surface area (Å²) in [6, 6.07) is 17.6. The Bertz CT molecular complexity index is 827. The van der Waals surface area contributed by atoms with Gasteiger partial charge in [0.25, 0.3) is 0 Å². The molecule has 1 fully saturated rings. The summed E-state index contributed by atoms with van der Waals surface area (Å²) in [7, 11) is 2.20. The maximum Gasteiger partial charge on any atom is 0.220 e. The molecule has 1 saturated heterocycles. The molecule has 4 rings (SSSR count). The largest absolute Gasteiger partial charge is 0.369 e. The molecule has 1 aliphatic heterocycles. The van der Waals surface area contributed by atoms with Gasteiger partial charge < -0.3 is 15.1 Å². The second-order valence-electron chi connectivity index (χ2n) is 8.91.